The lowest BCUT2D eigenvalue weighted by Gasteiger charge is -2.23. The average molecular weight is 505 g/mol. The minimum Gasteiger partial charge on any atom is -0.507 e. The molecule has 36 heavy (non-hydrogen) atoms. The first-order valence-corrected chi connectivity index (χ1v) is 12.0. The molecular formula is C27H21FN2O5S. The largest absolute Gasteiger partial charge is 0.507 e. The van der Waals surface area contributed by atoms with Crippen molar-refractivity contribution in [2.75, 3.05) is 18.6 Å². The van der Waals surface area contributed by atoms with Crippen molar-refractivity contribution in [1.82, 2.24) is 4.98 Å². The summed E-state index contributed by atoms with van der Waals surface area (Å²) < 4.78 is 25.2. The predicted molar refractivity (Wildman–Crippen MR) is 135 cm³/mol. The summed E-state index contributed by atoms with van der Waals surface area (Å²) in [6, 6.07) is 16.3. The second kappa shape index (κ2) is 9.43. The van der Waals surface area contributed by atoms with Gasteiger partial charge in [0.2, 0.25) is 0 Å². The Labute approximate surface area is 210 Å². The molecule has 0 aliphatic carbocycles. The molecule has 1 aliphatic rings. The van der Waals surface area contributed by atoms with Gasteiger partial charge in [0.05, 0.1) is 35.5 Å². The van der Waals surface area contributed by atoms with Crippen LogP contribution in [0.2, 0.25) is 0 Å². The van der Waals surface area contributed by atoms with Gasteiger partial charge in [-0.3, -0.25) is 14.5 Å². The monoisotopic (exact) mass is 504 g/mol. The van der Waals surface area contributed by atoms with Gasteiger partial charge in [-0.05, 0) is 67.1 Å². The van der Waals surface area contributed by atoms with Gasteiger partial charge < -0.3 is 14.6 Å². The van der Waals surface area contributed by atoms with E-state index in [0.717, 1.165) is 4.70 Å². The summed E-state index contributed by atoms with van der Waals surface area (Å²) in [4.78, 5) is 32.4. The Hall–Kier alpha value is -4.24. The van der Waals surface area contributed by atoms with Crippen LogP contribution in [0.3, 0.4) is 0 Å². The quantitative estimate of drug-likeness (QED) is 0.213. The lowest BCUT2D eigenvalue weighted by Crippen LogP contribution is -2.29. The van der Waals surface area contributed by atoms with Crippen molar-refractivity contribution in [2.45, 2.75) is 13.0 Å². The Morgan fingerprint density at radius 2 is 1.75 bits per heavy atom. The zero-order valence-corrected chi connectivity index (χ0v) is 20.2. The number of hydrogen-bond acceptors (Lipinski definition) is 7. The number of aromatic nitrogens is 1. The van der Waals surface area contributed by atoms with Crippen molar-refractivity contribution in [3.05, 3.63) is 89.2 Å². The molecule has 1 atom stereocenters. The zero-order chi connectivity index (χ0) is 25.4. The highest BCUT2D eigenvalue weighted by molar-refractivity contribution is 7.22. The van der Waals surface area contributed by atoms with Crippen LogP contribution in [0.5, 0.6) is 11.5 Å². The summed E-state index contributed by atoms with van der Waals surface area (Å²) in [7, 11) is 1.55. The van der Waals surface area contributed by atoms with E-state index in [4.69, 9.17) is 9.47 Å². The number of halogens is 1. The number of carbonyl (C=O) groups is 2. The lowest BCUT2D eigenvalue weighted by atomic mass is 9.95. The van der Waals surface area contributed by atoms with Crippen LogP contribution < -0.4 is 14.4 Å². The number of amides is 1. The van der Waals surface area contributed by atoms with Crippen LogP contribution in [-0.2, 0) is 9.59 Å². The minimum atomic E-state index is -1.00. The van der Waals surface area contributed by atoms with Crippen molar-refractivity contribution in [3.63, 3.8) is 0 Å². The van der Waals surface area contributed by atoms with E-state index >= 15 is 0 Å². The van der Waals surface area contributed by atoms with E-state index in [2.05, 4.69) is 4.98 Å². The van der Waals surface area contributed by atoms with E-state index in [1.807, 2.05) is 6.92 Å². The summed E-state index contributed by atoms with van der Waals surface area (Å²) in [6.07, 6.45) is 0. The Balaban J connectivity index is 1.67. The fourth-order valence-corrected chi connectivity index (χ4v) is 5.16. The molecule has 1 unspecified atom stereocenters. The molecule has 7 nitrogen and oxygen atoms in total. The molecule has 1 saturated heterocycles. The molecular weight excluding hydrogens is 483 g/mol. The number of benzene rings is 3. The highest BCUT2D eigenvalue weighted by atomic mass is 32.1. The number of methoxy groups -OCH3 is 1. The van der Waals surface area contributed by atoms with Gasteiger partial charge in [-0.2, -0.15) is 0 Å². The molecule has 0 saturated carbocycles. The van der Waals surface area contributed by atoms with Crippen molar-refractivity contribution in [1.29, 1.82) is 0 Å². The third-order valence-corrected chi connectivity index (χ3v) is 6.88. The summed E-state index contributed by atoms with van der Waals surface area (Å²) in [5.41, 5.74) is 1.33. The van der Waals surface area contributed by atoms with E-state index in [-0.39, 0.29) is 16.5 Å². The summed E-state index contributed by atoms with van der Waals surface area (Å²) in [6.45, 7) is 2.34. The molecule has 4 aromatic rings. The van der Waals surface area contributed by atoms with Gasteiger partial charge in [0.25, 0.3) is 5.78 Å². The number of rotatable bonds is 6. The van der Waals surface area contributed by atoms with Gasteiger partial charge in [-0.15, -0.1) is 0 Å². The van der Waals surface area contributed by atoms with Gasteiger partial charge >= 0.3 is 5.91 Å². The lowest BCUT2D eigenvalue weighted by molar-refractivity contribution is -0.132. The first-order chi connectivity index (χ1) is 17.4. The summed E-state index contributed by atoms with van der Waals surface area (Å²) in [5.74, 6) is -1.25. The molecule has 1 aromatic heterocycles. The highest BCUT2D eigenvalue weighted by Gasteiger charge is 2.48. The molecule has 3 aromatic carbocycles. The molecule has 0 bridgehead atoms. The van der Waals surface area contributed by atoms with E-state index in [9.17, 15) is 19.1 Å². The maximum absolute atomic E-state index is 13.7. The van der Waals surface area contributed by atoms with Crippen LogP contribution in [-0.4, -0.2) is 35.5 Å². The van der Waals surface area contributed by atoms with Crippen LogP contribution in [0.25, 0.3) is 16.0 Å². The standard InChI is InChI=1S/C27H21FN2O5S/c1-3-35-18-10-6-16(7-11-18)24(31)22-23(15-4-8-17(28)9-5-15)30(26(33)25(22)32)27-29-20-13-12-19(34-2)14-21(20)36-27/h4-14,23,31H,3H2,1-2H3/b24-22+. The third kappa shape index (κ3) is 4.07. The van der Waals surface area contributed by atoms with E-state index in [1.54, 1.807) is 49.6 Å². The molecule has 0 radical (unpaired) electrons. The maximum atomic E-state index is 13.7. The predicted octanol–water partition coefficient (Wildman–Crippen LogP) is 5.47. The molecule has 1 fully saturated rings. The van der Waals surface area contributed by atoms with Crippen molar-refractivity contribution in [3.8, 4) is 11.5 Å². The summed E-state index contributed by atoms with van der Waals surface area (Å²) >= 11 is 1.22. The first-order valence-electron chi connectivity index (χ1n) is 11.2. The number of nitrogens with zero attached hydrogens (tertiary/aromatic N) is 2. The second-order valence-corrected chi connectivity index (χ2v) is 9.02. The number of carbonyl (C=O) groups excluding carboxylic acids is 2. The fraction of sp³-hybridized carbons (Fsp3) is 0.148. The number of aliphatic hydroxyl groups is 1. The fourth-order valence-electron chi connectivity index (χ4n) is 4.14. The number of fused-ring (bicyclic) bond motifs is 1. The Morgan fingerprint density at radius 3 is 2.42 bits per heavy atom. The molecule has 0 spiro atoms. The SMILES string of the molecule is CCOc1ccc(/C(O)=C2\C(=O)C(=O)N(c3nc4ccc(OC)cc4s3)C2c2ccc(F)cc2)cc1. The minimum absolute atomic E-state index is 0.104. The van der Waals surface area contributed by atoms with Crippen LogP contribution >= 0.6 is 11.3 Å². The van der Waals surface area contributed by atoms with Crippen molar-refractivity contribution < 1.29 is 28.6 Å². The molecule has 1 N–H and O–H groups in total. The molecule has 1 amide bonds. The van der Waals surface area contributed by atoms with Crippen LogP contribution in [0, 0.1) is 5.82 Å². The van der Waals surface area contributed by atoms with Gasteiger partial charge in [0.15, 0.2) is 5.13 Å². The van der Waals surface area contributed by atoms with Gasteiger partial charge in [-0.25, -0.2) is 9.37 Å². The first kappa shape index (κ1) is 23.5. The Bertz CT molecular complexity index is 1500. The molecule has 182 valence electrons. The molecule has 9 heteroatoms. The van der Waals surface area contributed by atoms with Gasteiger partial charge in [0, 0.05) is 5.56 Å². The van der Waals surface area contributed by atoms with Crippen molar-refractivity contribution >= 4 is 44.1 Å². The number of hydrogen-bond donors (Lipinski definition) is 1. The highest BCUT2D eigenvalue weighted by Crippen LogP contribution is 2.44. The second-order valence-electron chi connectivity index (χ2n) is 8.01. The maximum Gasteiger partial charge on any atom is 0.301 e. The Kier molecular flexibility index (Phi) is 6.15. The normalized spacial score (nSPS) is 17.1. The van der Waals surface area contributed by atoms with Crippen LogP contribution in [0.1, 0.15) is 24.1 Å². The van der Waals surface area contributed by atoms with E-state index < -0.39 is 23.5 Å². The van der Waals surface area contributed by atoms with Gasteiger partial charge in [0.1, 0.15) is 23.1 Å². The number of aliphatic hydroxyl groups excluding tert-OH is 1. The summed E-state index contributed by atoms with van der Waals surface area (Å²) in [5, 5.41) is 11.5. The smallest absolute Gasteiger partial charge is 0.301 e. The van der Waals surface area contributed by atoms with Gasteiger partial charge in [-0.1, -0.05) is 23.5 Å². The van der Waals surface area contributed by atoms with Crippen LogP contribution in [0.15, 0.2) is 72.3 Å². The topological polar surface area (TPSA) is 89.0 Å². The number of thiazole rings is 1. The van der Waals surface area contributed by atoms with E-state index in [0.29, 0.717) is 34.7 Å². The number of Topliss-reactive ketones (excluding diaryl/α,β-unsaturated/α-hetero) is 1. The zero-order valence-electron chi connectivity index (χ0n) is 19.4. The number of ether oxygens (including phenoxy) is 2. The van der Waals surface area contributed by atoms with Crippen molar-refractivity contribution in [2.24, 2.45) is 0 Å². The number of ketones is 1. The molecule has 2 heterocycles. The van der Waals surface area contributed by atoms with E-state index in [1.165, 1.54) is 40.5 Å². The average Bonchev–Trinajstić information content (AvgIpc) is 3.42. The number of anilines is 1. The third-order valence-electron chi connectivity index (χ3n) is 5.86. The van der Waals surface area contributed by atoms with Crippen LogP contribution in [0.4, 0.5) is 9.52 Å². The Morgan fingerprint density at radius 1 is 1.06 bits per heavy atom. The molecule has 5 rings (SSSR count). The molecule has 1 aliphatic heterocycles.